The van der Waals surface area contributed by atoms with Crippen LogP contribution in [0.1, 0.15) is 12.6 Å². The summed E-state index contributed by atoms with van der Waals surface area (Å²) in [6.45, 7) is 2.09. The molecule has 1 aromatic carbocycles. The van der Waals surface area contributed by atoms with E-state index >= 15 is 0 Å². The summed E-state index contributed by atoms with van der Waals surface area (Å²) >= 11 is 12.8. The molecule has 0 bridgehead atoms. The Morgan fingerprint density at radius 3 is 2.71 bits per heavy atom. The smallest absolute Gasteiger partial charge is 0.126 e. The predicted octanol–water partition coefficient (Wildman–Crippen LogP) is 5.71. The number of aromatic nitrogens is 3. The van der Waals surface area contributed by atoms with Gasteiger partial charge in [0.05, 0.1) is 42.6 Å². The highest BCUT2D eigenvalue weighted by molar-refractivity contribution is 6.33. The second-order valence-electron chi connectivity index (χ2n) is 6.63. The zero-order valence-corrected chi connectivity index (χ0v) is 17.0. The molecule has 0 aliphatic heterocycles. The molecular formula is C22H19Cl2N3O. The number of imidazole rings is 1. The zero-order chi connectivity index (χ0) is 19.7. The normalized spacial score (nSPS) is 19.1. The van der Waals surface area contributed by atoms with E-state index in [9.17, 15) is 0 Å². The molecule has 4 nitrogen and oxygen atoms in total. The lowest BCUT2D eigenvalue weighted by Crippen LogP contribution is -2.16. The van der Waals surface area contributed by atoms with E-state index in [2.05, 4.69) is 16.9 Å². The van der Waals surface area contributed by atoms with E-state index in [4.69, 9.17) is 27.9 Å². The Bertz CT molecular complexity index is 1070. The molecule has 0 fully saturated rings. The fraction of sp³-hybridized carbons (Fsp3) is 0.182. The van der Waals surface area contributed by atoms with E-state index < -0.39 is 0 Å². The molecule has 0 saturated carbocycles. The molecule has 0 radical (unpaired) electrons. The van der Waals surface area contributed by atoms with Crippen LogP contribution < -0.4 is 4.74 Å². The van der Waals surface area contributed by atoms with Gasteiger partial charge in [0.2, 0.25) is 0 Å². The van der Waals surface area contributed by atoms with Crippen molar-refractivity contribution in [2.24, 2.45) is 5.92 Å². The SMILES string of the molecule is COc1ccccc1-c1ccncc1-n1cncc1C1=CC(Cl)=CC(Cl)C1C. The van der Waals surface area contributed by atoms with Crippen LogP contribution in [0.3, 0.4) is 0 Å². The number of rotatable bonds is 4. The van der Waals surface area contributed by atoms with Gasteiger partial charge in [0, 0.05) is 28.3 Å². The first kappa shape index (κ1) is 18.8. The van der Waals surface area contributed by atoms with Gasteiger partial charge in [-0.05, 0) is 29.9 Å². The second-order valence-corrected chi connectivity index (χ2v) is 7.57. The summed E-state index contributed by atoms with van der Waals surface area (Å²) in [6.07, 6.45) is 11.0. The predicted molar refractivity (Wildman–Crippen MR) is 114 cm³/mol. The van der Waals surface area contributed by atoms with Gasteiger partial charge in [-0.2, -0.15) is 0 Å². The quantitative estimate of drug-likeness (QED) is 0.516. The summed E-state index contributed by atoms with van der Waals surface area (Å²) in [5, 5.41) is 0.468. The molecule has 28 heavy (non-hydrogen) atoms. The Labute approximate surface area is 174 Å². The topological polar surface area (TPSA) is 39.9 Å². The van der Waals surface area contributed by atoms with Crippen LogP contribution in [0.2, 0.25) is 0 Å². The molecular weight excluding hydrogens is 393 g/mol. The van der Waals surface area contributed by atoms with Crippen molar-refractivity contribution in [1.82, 2.24) is 14.5 Å². The lowest BCUT2D eigenvalue weighted by atomic mass is 9.90. The Morgan fingerprint density at radius 1 is 1.07 bits per heavy atom. The molecule has 1 aliphatic rings. The molecule has 2 atom stereocenters. The lowest BCUT2D eigenvalue weighted by molar-refractivity contribution is 0.416. The molecule has 2 unspecified atom stereocenters. The molecule has 0 amide bonds. The monoisotopic (exact) mass is 411 g/mol. The molecule has 0 N–H and O–H groups in total. The molecule has 2 aromatic heterocycles. The van der Waals surface area contributed by atoms with Crippen LogP contribution >= 0.6 is 23.2 Å². The van der Waals surface area contributed by atoms with Crippen LogP contribution in [0.5, 0.6) is 5.75 Å². The fourth-order valence-corrected chi connectivity index (χ4v) is 4.07. The lowest BCUT2D eigenvalue weighted by Gasteiger charge is -2.24. The highest BCUT2D eigenvalue weighted by Gasteiger charge is 2.26. The standard InChI is InChI=1S/C22H19Cl2N3O/c1-14-18(9-15(23)10-19(14)24)21-12-26-13-27(21)20-11-25-8-7-16(20)17-5-3-4-6-22(17)28-2/h3-14,19H,1-2H3. The summed E-state index contributed by atoms with van der Waals surface area (Å²) in [5.74, 6) is 0.902. The van der Waals surface area contributed by atoms with E-state index in [1.807, 2.05) is 59.4 Å². The van der Waals surface area contributed by atoms with Crippen molar-refractivity contribution >= 4 is 28.8 Å². The Hall–Kier alpha value is -2.56. The van der Waals surface area contributed by atoms with Gasteiger partial charge in [-0.3, -0.25) is 9.55 Å². The third-order valence-corrected chi connectivity index (χ3v) is 5.71. The third-order valence-electron chi connectivity index (χ3n) is 4.97. The minimum Gasteiger partial charge on any atom is -0.496 e. The van der Waals surface area contributed by atoms with Gasteiger partial charge in [-0.1, -0.05) is 36.7 Å². The van der Waals surface area contributed by atoms with Gasteiger partial charge >= 0.3 is 0 Å². The number of para-hydroxylation sites is 1. The summed E-state index contributed by atoms with van der Waals surface area (Å²) < 4.78 is 7.59. The van der Waals surface area contributed by atoms with Gasteiger partial charge in [-0.15, -0.1) is 11.6 Å². The minimum absolute atomic E-state index is 0.103. The van der Waals surface area contributed by atoms with Crippen molar-refractivity contribution in [3.05, 3.63) is 78.1 Å². The van der Waals surface area contributed by atoms with Crippen molar-refractivity contribution in [3.63, 3.8) is 0 Å². The highest BCUT2D eigenvalue weighted by atomic mass is 35.5. The molecule has 142 valence electrons. The van der Waals surface area contributed by atoms with Crippen LogP contribution in [0, 0.1) is 5.92 Å². The maximum Gasteiger partial charge on any atom is 0.126 e. The molecule has 0 spiro atoms. The summed E-state index contributed by atoms with van der Waals surface area (Å²) in [7, 11) is 1.67. The number of alkyl halides is 1. The molecule has 6 heteroatoms. The number of halogens is 2. The average molecular weight is 412 g/mol. The zero-order valence-electron chi connectivity index (χ0n) is 15.5. The van der Waals surface area contributed by atoms with Crippen molar-refractivity contribution < 1.29 is 4.74 Å². The van der Waals surface area contributed by atoms with Gasteiger partial charge in [0.15, 0.2) is 0 Å². The highest BCUT2D eigenvalue weighted by Crippen LogP contribution is 2.38. The van der Waals surface area contributed by atoms with E-state index in [0.717, 1.165) is 33.8 Å². The Morgan fingerprint density at radius 2 is 1.89 bits per heavy atom. The first-order chi connectivity index (χ1) is 13.6. The maximum absolute atomic E-state index is 6.48. The van der Waals surface area contributed by atoms with Crippen molar-refractivity contribution in [1.29, 1.82) is 0 Å². The molecule has 1 aliphatic carbocycles. The number of ether oxygens (including phenoxy) is 1. The number of pyridine rings is 1. The van der Waals surface area contributed by atoms with Crippen LogP contribution in [-0.4, -0.2) is 27.0 Å². The van der Waals surface area contributed by atoms with Crippen LogP contribution in [-0.2, 0) is 0 Å². The first-order valence-electron chi connectivity index (χ1n) is 8.93. The minimum atomic E-state index is -0.168. The fourth-order valence-electron chi connectivity index (χ4n) is 3.48. The number of allylic oxidation sites excluding steroid dienone is 4. The van der Waals surface area contributed by atoms with E-state index in [0.29, 0.717) is 5.03 Å². The average Bonchev–Trinajstić information content (AvgIpc) is 3.20. The number of benzene rings is 1. The van der Waals surface area contributed by atoms with Gasteiger partial charge in [0.1, 0.15) is 5.75 Å². The van der Waals surface area contributed by atoms with Crippen molar-refractivity contribution in [2.45, 2.75) is 12.3 Å². The van der Waals surface area contributed by atoms with Crippen LogP contribution in [0.15, 0.2) is 72.4 Å². The molecule has 0 saturated heterocycles. The number of nitrogens with zero attached hydrogens (tertiary/aromatic N) is 3. The third kappa shape index (κ3) is 3.34. The van der Waals surface area contributed by atoms with Crippen molar-refractivity contribution in [2.75, 3.05) is 7.11 Å². The molecule has 3 aromatic rings. The van der Waals surface area contributed by atoms with Gasteiger partial charge in [0.25, 0.3) is 0 Å². The summed E-state index contributed by atoms with van der Waals surface area (Å²) in [6, 6.07) is 9.90. The van der Waals surface area contributed by atoms with E-state index in [1.54, 1.807) is 19.6 Å². The number of hydrogen-bond donors (Lipinski definition) is 0. The van der Waals surface area contributed by atoms with E-state index in [1.165, 1.54) is 0 Å². The van der Waals surface area contributed by atoms with Crippen LogP contribution in [0.4, 0.5) is 0 Å². The molecule has 4 rings (SSSR count). The maximum atomic E-state index is 6.48. The summed E-state index contributed by atoms with van der Waals surface area (Å²) in [4.78, 5) is 8.74. The Balaban J connectivity index is 1.88. The van der Waals surface area contributed by atoms with Crippen molar-refractivity contribution in [3.8, 4) is 22.6 Å². The number of hydrogen-bond acceptors (Lipinski definition) is 3. The second kappa shape index (κ2) is 7.82. The van der Waals surface area contributed by atoms with Crippen LogP contribution in [0.25, 0.3) is 22.4 Å². The summed E-state index contributed by atoms with van der Waals surface area (Å²) in [5.41, 5.74) is 4.87. The Kier molecular flexibility index (Phi) is 5.25. The van der Waals surface area contributed by atoms with Gasteiger partial charge in [-0.25, -0.2) is 4.98 Å². The molecule has 2 heterocycles. The number of methoxy groups -OCH3 is 1. The largest absolute Gasteiger partial charge is 0.496 e. The van der Waals surface area contributed by atoms with Gasteiger partial charge < -0.3 is 4.74 Å². The first-order valence-corrected chi connectivity index (χ1v) is 9.75. The van der Waals surface area contributed by atoms with E-state index in [-0.39, 0.29) is 11.3 Å².